The first-order valence-electron chi connectivity index (χ1n) is 8.75. The molecular formula is C19H22N4O. The van der Waals surface area contributed by atoms with Crippen LogP contribution in [0.3, 0.4) is 0 Å². The number of hydrogen-bond acceptors (Lipinski definition) is 4. The number of rotatable bonds is 5. The first-order chi connectivity index (χ1) is 11.9. The van der Waals surface area contributed by atoms with Gasteiger partial charge in [0, 0.05) is 6.42 Å². The summed E-state index contributed by atoms with van der Waals surface area (Å²) in [5.74, 6) is 2.03. The van der Waals surface area contributed by atoms with Crippen molar-refractivity contribution in [3.05, 3.63) is 48.0 Å². The Hall–Kier alpha value is -2.43. The Morgan fingerprint density at radius 2 is 1.88 bits per heavy atom. The highest BCUT2D eigenvalue weighted by Gasteiger charge is 2.17. The van der Waals surface area contributed by atoms with E-state index in [0.717, 1.165) is 17.9 Å². The van der Waals surface area contributed by atoms with Gasteiger partial charge in [-0.05, 0) is 24.3 Å². The number of aromatic nitrogens is 4. The van der Waals surface area contributed by atoms with Crippen LogP contribution in [-0.4, -0.2) is 26.5 Å². The molecule has 1 fully saturated rings. The van der Waals surface area contributed by atoms with Crippen LogP contribution in [0.2, 0.25) is 0 Å². The first kappa shape index (κ1) is 15.1. The summed E-state index contributed by atoms with van der Waals surface area (Å²) in [6.07, 6.45) is 8.84. The molecule has 0 saturated heterocycles. The molecule has 0 amide bonds. The molecule has 2 heterocycles. The highest BCUT2D eigenvalue weighted by atomic mass is 16.5. The number of imidazole rings is 1. The number of aromatic amines is 1. The van der Waals surface area contributed by atoms with E-state index >= 15 is 0 Å². The summed E-state index contributed by atoms with van der Waals surface area (Å²) in [7, 11) is 0. The lowest BCUT2D eigenvalue weighted by molar-refractivity contribution is 0.204. The van der Waals surface area contributed by atoms with Crippen LogP contribution < -0.4 is 4.74 Å². The van der Waals surface area contributed by atoms with Crippen molar-refractivity contribution in [1.82, 2.24) is 19.9 Å². The largest absolute Gasteiger partial charge is 0.476 e. The van der Waals surface area contributed by atoms with Crippen LogP contribution in [0.25, 0.3) is 11.2 Å². The Balaban J connectivity index is 1.55. The summed E-state index contributed by atoms with van der Waals surface area (Å²) in [6, 6.07) is 10.2. The topological polar surface area (TPSA) is 63.7 Å². The zero-order chi connectivity index (χ0) is 16.2. The van der Waals surface area contributed by atoms with Gasteiger partial charge in [0.15, 0.2) is 5.65 Å². The van der Waals surface area contributed by atoms with E-state index in [0.29, 0.717) is 23.9 Å². The molecule has 5 nitrogen and oxygen atoms in total. The Morgan fingerprint density at radius 3 is 2.71 bits per heavy atom. The van der Waals surface area contributed by atoms with Crippen molar-refractivity contribution in [3.63, 3.8) is 0 Å². The number of hydrogen-bond donors (Lipinski definition) is 1. The van der Waals surface area contributed by atoms with E-state index in [1.54, 1.807) is 6.33 Å². The molecule has 1 aromatic carbocycles. The van der Waals surface area contributed by atoms with Crippen LogP contribution in [0.4, 0.5) is 0 Å². The van der Waals surface area contributed by atoms with E-state index < -0.39 is 0 Å². The molecule has 1 aliphatic carbocycles. The summed E-state index contributed by atoms with van der Waals surface area (Å²) in [5, 5.41) is 0. The van der Waals surface area contributed by atoms with Crippen molar-refractivity contribution >= 4 is 11.2 Å². The van der Waals surface area contributed by atoms with Crippen LogP contribution in [0.5, 0.6) is 5.88 Å². The monoisotopic (exact) mass is 322 g/mol. The molecule has 124 valence electrons. The number of nitrogens with one attached hydrogen (secondary N) is 1. The van der Waals surface area contributed by atoms with E-state index in [2.05, 4.69) is 32.1 Å². The lowest BCUT2D eigenvalue weighted by Crippen LogP contribution is -2.16. The Kier molecular flexibility index (Phi) is 4.40. The van der Waals surface area contributed by atoms with Gasteiger partial charge in [0.1, 0.15) is 11.3 Å². The van der Waals surface area contributed by atoms with Crippen molar-refractivity contribution < 1.29 is 4.74 Å². The minimum Gasteiger partial charge on any atom is -0.476 e. The van der Waals surface area contributed by atoms with Crippen molar-refractivity contribution in [2.24, 2.45) is 5.92 Å². The summed E-state index contributed by atoms with van der Waals surface area (Å²) in [5.41, 5.74) is 2.66. The van der Waals surface area contributed by atoms with Gasteiger partial charge in [-0.1, -0.05) is 49.6 Å². The van der Waals surface area contributed by atoms with Gasteiger partial charge in [0.05, 0.1) is 12.9 Å². The number of ether oxygens (including phenoxy) is 1. The van der Waals surface area contributed by atoms with Gasteiger partial charge >= 0.3 is 0 Å². The fourth-order valence-electron chi connectivity index (χ4n) is 3.36. The normalized spacial score (nSPS) is 15.7. The predicted molar refractivity (Wildman–Crippen MR) is 93.0 cm³/mol. The van der Waals surface area contributed by atoms with Crippen molar-refractivity contribution in [2.75, 3.05) is 6.61 Å². The maximum Gasteiger partial charge on any atom is 0.243 e. The maximum atomic E-state index is 6.07. The van der Waals surface area contributed by atoms with Crippen molar-refractivity contribution in [1.29, 1.82) is 0 Å². The molecule has 0 bridgehead atoms. The van der Waals surface area contributed by atoms with E-state index in [1.807, 2.05) is 18.2 Å². The number of benzene rings is 1. The van der Waals surface area contributed by atoms with Gasteiger partial charge in [-0.15, -0.1) is 0 Å². The molecule has 0 atom stereocenters. The van der Waals surface area contributed by atoms with E-state index in [9.17, 15) is 0 Å². The van der Waals surface area contributed by atoms with Crippen LogP contribution in [0, 0.1) is 5.92 Å². The zero-order valence-electron chi connectivity index (χ0n) is 13.7. The SMILES string of the molecule is c1ccc(Cc2nc(OCC3CCCCC3)c3[nH]cnc3n2)cc1. The smallest absolute Gasteiger partial charge is 0.243 e. The molecule has 3 aromatic rings. The van der Waals surface area contributed by atoms with Crippen LogP contribution in [0.15, 0.2) is 36.7 Å². The van der Waals surface area contributed by atoms with E-state index in [1.165, 1.54) is 37.7 Å². The summed E-state index contributed by atoms with van der Waals surface area (Å²) in [4.78, 5) is 16.6. The zero-order valence-corrected chi connectivity index (χ0v) is 13.7. The predicted octanol–water partition coefficient (Wildman–Crippen LogP) is 3.90. The summed E-state index contributed by atoms with van der Waals surface area (Å²) >= 11 is 0. The summed E-state index contributed by atoms with van der Waals surface area (Å²) in [6.45, 7) is 0.732. The molecule has 0 radical (unpaired) electrons. The average Bonchev–Trinajstić information content (AvgIpc) is 3.10. The van der Waals surface area contributed by atoms with Gasteiger partial charge in [-0.25, -0.2) is 9.97 Å². The minimum atomic E-state index is 0.633. The molecule has 0 unspecified atom stereocenters. The quantitative estimate of drug-likeness (QED) is 0.773. The average molecular weight is 322 g/mol. The van der Waals surface area contributed by atoms with Gasteiger partial charge in [-0.2, -0.15) is 4.98 Å². The van der Waals surface area contributed by atoms with Crippen LogP contribution in [-0.2, 0) is 6.42 Å². The molecular weight excluding hydrogens is 300 g/mol. The number of H-pyrrole nitrogens is 1. The highest BCUT2D eigenvalue weighted by molar-refractivity contribution is 5.75. The molecule has 1 aliphatic rings. The van der Waals surface area contributed by atoms with Crippen molar-refractivity contribution in [3.8, 4) is 5.88 Å². The Labute approximate surface area is 141 Å². The fraction of sp³-hybridized carbons (Fsp3) is 0.421. The van der Waals surface area contributed by atoms with E-state index in [-0.39, 0.29) is 0 Å². The maximum absolute atomic E-state index is 6.07. The molecule has 24 heavy (non-hydrogen) atoms. The molecule has 1 saturated carbocycles. The lowest BCUT2D eigenvalue weighted by atomic mass is 9.90. The fourth-order valence-corrected chi connectivity index (χ4v) is 3.36. The van der Waals surface area contributed by atoms with Crippen LogP contribution in [0.1, 0.15) is 43.5 Å². The van der Waals surface area contributed by atoms with Crippen molar-refractivity contribution in [2.45, 2.75) is 38.5 Å². The first-order valence-corrected chi connectivity index (χ1v) is 8.75. The second-order valence-corrected chi connectivity index (χ2v) is 6.52. The Bertz CT molecular complexity index is 793. The second-order valence-electron chi connectivity index (χ2n) is 6.52. The van der Waals surface area contributed by atoms with Gasteiger partial charge in [0.2, 0.25) is 5.88 Å². The molecule has 1 N–H and O–H groups in total. The van der Waals surface area contributed by atoms with Gasteiger partial charge in [-0.3, -0.25) is 0 Å². The molecule has 0 spiro atoms. The van der Waals surface area contributed by atoms with Gasteiger partial charge in [0.25, 0.3) is 0 Å². The third-order valence-electron chi connectivity index (χ3n) is 4.68. The second kappa shape index (κ2) is 6.99. The standard InChI is InChI=1S/C19H22N4O/c1-3-7-14(8-4-1)11-16-22-18-17(20-13-21-18)19(23-16)24-12-15-9-5-2-6-10-15/h1,3-4,7-8,13,15H,2,5-6,9-12H2,(H,20,21,22,23). The Morgan fingerprint density at radius 1 is 1.04 bits per heavy atom. The summed E-state index contributed by atoms with van der Waals surface area (Å²) < 4.78 is 6.07. The molecule has 4 rings (SSSR count). The molecule has 2 aromatic heterocycles. The van der Waals surface area contributed by atoms with Gasteiger partial charge < -0.3 is 9.72 Å². The number of fused-ring (bicyclic) bond motifs is 1. The third-order valence-corrected chi connectivity index (χ3v) is 4.68. The molecule has 0 aliphatic heterocycles. The lowest BCUT2D eigenvalue weighted by Gasteiger charge is -2.21. The van der Waals surface area contributed by atoms with Crippen LogP contribution >= 0.6 is 0 Å². The highest BCUT2D eigenvalue weighted by Crippen LogP contribution is 2.26. The minimum absolute atomic E-state index is 0.633. The number of nitrogens with zero attached hydrogens (tertiary/aromatic N) is 3. The molecule has 5 heteroatoms. The van der Waals surface area contributed by atoms with E-state index in [4.69, 9.17) is 4.74 Å². The third kappa shape index (κ3) is 3.40.